The van der Waals surface area contributed by atoms with Gasteiger partial charge in [-0.1, -0.05) is 17.9 Å². The van der Waals surface area contributed by atoms with Crippen LogP contribution in [0.3, 0.4) is 0 Å². The number of ether oxygens (including phenoxy) is 1. The van der Waals surface area contributed by atoms with E-state index in [9.17, 15) is 4.79 Å². The Morgan fingerprint density at radius 3 is 3.17 bits per heavy atom. The molecule has 6 nitrogen and oxygen atoms in total. The van der Waals surface area contributed by atoms with Gasteiger partial charge in [-0.05, 0) is 6.92 Å². The predicted octanol–water partition coefficient (Wildman–Crippen LogP) is 1.43. The molecule has 0 amide bonds. The first-order valence-electron chi connectivity index (χ1n) is 5.28. The summed E-state index contributed by atoms with van der Waals surface area (Å²) in [5, 5.41) is 7.78. The molecule has 0 atom stereocenters. The van der Waals surface area contributed by atoms with E-state index in [0.717, 1.165) is 4.88 Å². The normalized spacial score (nSPS) is 10.3. The standard InChI is InChI=1S/C11H12N4O2S/c1-3-4-17-11(16)10-8(2)15(14-13-10)6-9-5-12-7-18-9/h3,5,7H,1,4,6H2,2H3. The van der Waals surface area contributed by atoms with Crippen molar-refractivity contribution in [2.24, 2.45) is 0 Å². The van der Waals surface area contributed by atoms with E-state index < -0.39 is 5.97 Å². The third kappa shape index (κ3) is 2.62. The van der Waals surface area contributed by atoms with Crippen molar-refractivity contribution in [1.29, 1.82) is 0 Å². The van der Waals surface area contributed by atoms with E-state index in [1.54, 1.807) is 23.3 Å². The molecule has 0 aromatic carbocycles. The zero-order valence-corrected chi connectivity index (χ0v) is 10.7. The van der Waals surface area contributed by atoms with Crippen molar-refractivity contribution in [3.8, 4) is 0 Å². The maximum Gasteiger partial charge on any atom is 0.361 e. The van der Waals surface area contributed by atoms with E-state index in [2.05, 4.69) is 21.9 Å². The summed E-state index contributed by atoms with van der Waals surface area (Å²) in [5.41, 5.74) is 2.67. The molecule has 0 aliphatic rings. The van der Waals surface area contributed by atoms with Crippen LogP contribution in [0, 0.1) is 6.92 Å². The third-order valence-electron chi connectivity index (χ3n) is 2.30. The van der Waals surface area contributed by atoms with Crippen LogP contribution in [0.25, 0.3) is 0 Å². The summed E-state index contributed by atoms with van der Waals surface area (Å²) in [5.74, 6) is -0.483. The summed E-state index contributed by atoms with van der Waals surface area (Å²) in [6, 6.07) is 0. The number of carbonyl (C=O) groups is 1. The second-order valence-corrected chi connectivity index (χ2v) is 4.51. The molecule has 2 heterocycles. The van der Waals surface area contributed by atoms with Crippen molar-refractivity contribution in [2.45, 2.75) is 13.5 Å². The quantitative estimate of drug-likeness (QED) is 0.603. The number of hydrogen-bond acceptors (Lipinski definition) is 6. The van der Waals surface area contributed by atoms with Gasteiger partial charge in [-0.2, -0.15) is 0 Å². The van der Waals surface area contributed by atoms with Crippen molar-refractivity contribution >= 4 is 17.3 Å². The molecule has 94 valence electrons. The Morgan fingerprint density at radius 2 is 2.50 bits per heavy atom. The van der Waals surface area contributed by atoms with Crippen LogP contribution in [-0.4, -0.2) is 32.6 Å². The van der Waals surface area contributed by atoms with Gasteiger partial charge in [-0.15, -0.1) is 16.4 Å². The fourth-order valence-corrected chi connectivity index (χ4v) is 1.95. The zero-order chi connectivity index (χ0) is 13.0. The Hall–Kier alpha value is -2.02. The molecular formula is C11H12N4O2S. The van der Waals surface area contributed by atoms with Crippen LogP contribution in [-0.2, 0) is 11.3 Å². The molecule has 0 radical (unpaired) electrons. The van der Waals surface area contributed by atoms with Crippen LogP contribution in [0.4, 0.5) is 0 Å². The van der Waals surface area contributed by atoms with Gasteiger partial charge >= 0.3 is 5.97 Å². The van der Waals surface area contributed by atoms with Crippen LogP contribution >= 0.6 is 11.3 Å². The molecular weight excluding hydrogens is 252 g/mol. The summed E-state index contributed by atoms with van der Waals surface area (Å²) < 4.78 is 6.57. The number of nitrogens with zero attached hydrogens (tertiary/aromatic N) is 4. The van der Waals surface area contributed by atoms with Gasteiger partial charge in [-0.25, -0.2) is 9.48 Å². The summed E-state index contributed by atoms with van der Waals surface area (Å²) >= 11 is 1.53. The Labute approximate surface area is 108 Å². The molecule has 0 fully saturated rings. The molecule has 18 heavy (non-hydrogen) atoms. The third-order valence-corrected chi connectivity index (χ3v) is 3.06. The average molecular weight is 264 g/mol. The Morgan fingerprint density at radius 1 is 1.67 bits per heavy atom. The number of carbonyl (C=O) groups excluding carboxylic acids is 1. The molecule has 0 N–H and O–H groups in total. The van der Waals surface area contributed by atoms with Crippen molar-refractivity contribution in [3.63, 3.8) is 0 Å². The van der Waals surface area contributed by atoms with Crippen LogP contribution in [0.1, 0.15) is 21.1 Å². The second-order valence-electron chi connectivity index (χ2n) is 3.54. The maximum absolute atomic E-state index is 11.6. The summed E-state index contributed by atoms with van der Waals surface area (Å²) in [7, 11) is 0. The smallest absolute Gasteiger partial charge is 0.361 e. The Bertz CT molecular complexity index is 547. The lowest BCUT2D eigenvalue weighted by Gasteiger charge is -2.01. The van der Waals surface area contributed by atoms with Crippen LogP contribution in [0.15, 0.2) is 24.4 Å². The van der Waals surface area contributed by atoms with Gasteiger partial charge in [0, 0.05) is 11.1 Å². The van der Waals surface area contributed by atoms with Crippen molar-refractivity contribution in [3.05, 3.63) is 40.6 Å². The van der Waals surface area contributed by atoms with Gasteiger partial charge in [0.25, 0.3) is 0 Å². The minimum Gasteiger partial charge on any atom is -0.457 e. The van der Waals surface area contributed by atoms with E-state index >= 15 is 0 Å². The highest BCUT2D eigenvalue weighted by molar-refractivity contribution is 7.09. The van der Waals surface area contributed by atoms with Gasteiger partial charge in [0.1, 0.15) is 6.61 Å². The van der Waals surface area contributed by atoms with Gasteiger partial charge in [0.2, 0.25) is 0 Å². The topological polar surface area (TPSA) is 69.9 Å². The van der Waals surface area contributed by atoms with E-state index in [0.29, 0.717) is 12.2 Å². The molecule has 2 aromatic heterocycles. The average Bonchev–Trinajstić information content (AvgIpc) is 2.98. The molecule has 2 aromatic rings. The molecule has 0 aliphatic carbocycles. The van der Waals surface area contributed by atoms with Gasteiger partial charge in [0.15, 0.2) is 5.69 Å². The molecule has 0 aliphatic heterocycles. The fraction of sp³-hybridized carbons (Fsp3) is 0.273. The zero-order valence-electron chi connectivity index (χ0n) is 9.87. The maximum atomic E-state index is 11.6. The van der Waals surface area contributed by atoms with Crippen molar-refractivity contribution in [1.82, 2.24) is 20.0 Å². The molecule has 0 saturated carbocycles. The lowest BCUT2D eigenvalue weighted by Crippen LogP contribution is -2.08. The van der Waals surface area contributed by atoms with Crippen molar-refractivity contribution in [2.75, 3.05) is 6.61 Å². The molecule has 0 spiro atoms. The molecule has 0 unspecified atom stereocenters. The number of rotatable bonds is 5. The SMILES string of the molecule is C=CCOC(=O)c1nnn(Cc2cncs2)c1C. The molecule has 2 rings (SSSR count). The summed E-state index contributed by atoms with van der Waals surface area (Å²) in [6.45, 7) is 5.98. The monoisotopic (exact) mass is 264 g/mol. The lowest BCUT2D eigenvalue weighted by molar-refractivity contribution is 0.0542. The van der Waals surface area contributed by atoms with Crippen LogP contribution < -0.4 is 0 Å². The summed E-state index contributed by atoms with van der Waals surface area (Å²) in [4.78, 5) is 16.7. The first kappa shape index (κ1) is 12.4. The highest BCUT2D eigenvalue weighted by atomic mass is 32.1. The van der Waals surface area contributed by atoms with E-state index in [1.165, 1.54) is 17.4 Å². The van der Waals surface area contributed by atoms with Crippen LogP contribution in [0.2, 0.25) is 0 Å². The number of hydrogen-bond donors (Lipinski definition) is 0. The molecule has 7 heteroatoms. The first-order chi connectivity index (χ1) is 8.72. The lowest BCUT2D eigenvalue weighted by atomic mass is 10.3. The number of esters is 1. The highest BCUT2D eigenvalue weighted by Crippen LogP contribution is 2.11. The van der Waals surface area contributed by atoms with Gasteiger partial charge in [-0.3, -0.25) is 4.98 Å². The predicted molar refractivity (Wildman–Crippen MR) is 66.5 cm³/mol. The fourth-order valence-electron chi connectivity index (χ4n) is 1.37. The number of thiazole rings is 1. The molecule has 0 bridgehead atoms. The van der Waals surface area contributed by atoms with E-state index in [1.807, 2.05) is 0 Å². The van der Waals surface area contributed by atoms with E-state index in [4.69, 9.17) is 4.74 Å². The van der Waals surface area contributed by atoms with E-state index in [-0.39, 0.29) is 12.3 Å². The molecule has 0 saturated heterocycles. The number of aromatic nitrogens is 4. The van der Waals surface area contributed by atoms with Gasteiger partial charge < -0.3 is 4.74 Å². The minimum atomic E-state index is -0.483. The summed E-state index contributed by atoms with van der Waals surface area (Å²) in [6.07, 6.45) is 3.27. The largest absolute Gasteiger partial charge is 0.457 e. The van der Waals surface area contributed by atoms with Crippen molar-refractivity contribution < 1.29 is 9.53 Å². The Kier molecular flexibility index (Phi) is 3.83. The first-order valence-corrected chi connectivity index (χ1v) is 6.15. The van der Waals surface area contributed by atoms with Gasteiger partial charge in [0.05, 0.1) is 17.7 Å². The Balaban J connectivity index is 2.13. The highest BCUT2D eigenvalue weighted by Gasteiger charge is 2.17. The van der Waals surface area contributed by atoms with Crippen LogP contribution in [0.5, 0.6) is 0 Å². The second kappa shape index (κ2) is 5.54. The minimum absolute atomic E-state index is 0.167.